The van der Waals surface area contributed by atoms with Crippen molar-refractivity contribution in [3.05, 3.63) is 198 Å². The second-order valence-corrected chi connectivity index (χ2v) is 18.6. The Morgan fingerprint density at radius 2 is 1.27 bits per heavy atom. The highest BCUT2D eigenvalue weighted by molar-refractivity contribution is 6.12. The van der Waals surface area contributed by atoms with Gasteiger partial charge in [-0.15, -0.1) is 0 Å². The number of β-lactam (4-membered cyclic amide) rings is 1. The number of amides is 2. The van der Waals surface area contributed by atoms with E-state index < -0.39 is 72.7 Å². The number of hydrogen-bond donors (Lipinski definition) is 4. The quantitative estimate of drug-likeness (QED) is 0.0311. The van der Waals surface area contributed by atoms with Crippen LogP contribution in [0.3, 0.4) is 0 Å². The lowest BCUT2D eigenvalue weighted by molar-refractivity contribution is -0.155. The average molecular weight is 1010 g/mol. The van der Waals surface area contributed by atoms with Crippen molar-refractivity contribution in [1.29, 1.82) is 0 Å². The monoisotopic (exact) mass is 1010 g/mol. The fourth-order valence-electron chi connectivity index (χ4n) is 9.58. The van der Waals surface area contributed by atoms with Gasteiger partial charge in [-0.3, -0.25) is 14.4 Å². The van der Waals surface area contributed by atoms with Crippen LogP contribution >= 0.6 is 0 Å². The standard InChI is InChI=1S/C59H56F3N3O9/c1-36(2)55-54(58(71)63-44-11-7-4-8-12-44)53(38-9-5-3-6-10-38)57(40-15-21-42(61)22-16-40)64(55)32-31-46(66)33-47(67)34-51(69)73-35-52(70)74-48-27-17-39(18-28-48)56-49(29-30-50(68)37-13-19-41(60)20-14-37)59(72)65(56)45-25-23-43(62)24-26-45/h3-28,36,46-47,49-50,56,66-68H,29-35H2,1-2H3,(H,63,71)/t46-,47-,49-,50+,56-/m1/s1. The van der Waals surface area contributed by atoms with Gasteiger partial charge < -0.3 is 39.6 Å². The van der Waals surface area contributed by atoms with Crippen LogP contribution < -0.4 is 15.0 Å². The van der Waals surface area contributed by atoms with Crippen LogP contribution in [0.2, 0.25) is 0 Å². The number of aliphatic hydroxyl groups is 3. The van der Waals surface area contributed by atoms with Gasteiger partial charge in [-0.1, -0.05) is 86.6 Å². The van der Waals surface area contributed by atoms with E-state index in [-0.39, 0.29) is 55.7 Å². The van der Waals surface area contributed by atoms with Crippen LogP contribution in [0.1, 0.15) is 91.2 Å². The Labute approximate surface area is 426 Å². The number of esters is 2. The molecular weight excluding hydrogens is 952 g/mol. The van der Waals surface area contributed by atoms with E-state index in [2.05, 4.69) is 5.32 Å². The van der Waals surface area contributed by atoms with Gasteiger partial charge >= 0.3 is 11.9 Å². The van der Waals surface area contributed by atoms with Gasteiger partial charge in [0.1, 0.15) is 23.2 Å². The van der Waals surface area contributed by atoms with Crippen molar-refractivity contribution in [2.45, 2.75) is 82.8 Å². The molecule has 12 nitrogen and oxygen atoms in total. The first-order valence-corrected chi connectivity index (χ1v) is 24.4. The lowest BCUT2D eigenvalue weighted by atomic mass is 9.78. The number of carbonyl (C=O) groups excluding carboxylic acids is 4. The molecule has 2 heterocycles. The first-order valence-electron chi connectivity index (χ1n) is 24.4. The number of carbonyl (C=O) groups is 4. The summed E-state index contributed by atoms with van der Waals surface area (Å²) in [5, 5.41) is 36.1. The Bertz CT molecular complexity index is 3040. The Morgan fingerprint density at radius 3 is 1.89 bits per heavy atom. The van der Waals surface area contributed by atoms with Gasteiger partial charge in [0.2, 0.25) is 5.91 Å². The molecule has 1 saturated heterocycles. The molecule has 1 aromatic heterocycles. The zero-order chi connectivity index (χ0) is 52.5. The molecule has 0 unspecified atom stereocenters. The SMILES string of the molecule is CC(C)c1c(C(=O)Nc2ccccc2)c(-c2ccccc2)c(-c2ccc(F)cc2)n1CC[C@@H](O)C[C@@H](O)CC(=O)OCC(=O)Oc1ccc([C@@H]2[C@@H](CC[C@H](O)c3ccc(F)cc3)C(=O)N2c2ccc(F)cc2)cc1. The molecule has 8 rings (SSSR count). The summed E-state index contributed by atoms with van der Waals surface area (Å²) in [6.07, 6.45) is -3.56. The molecule has 382 valence electrons. The number of nitrogens with zero attached hydrogens (tertiary/aromatic N) is 2. The van der Waals surface area contributed by atoms with Crippen molar-refractivity contribution in [1.82, 2.24) is 4.57 Å². The topological polar surface area (TPSA) is 168 Å². The second kappa shape index (κ2) is 23.8. The summed E-state index contributed by atoms with van der Waals surface area (Å²) in [5.74, 6) is -4.36. The highest BCUT2D eigenvalue weighted by atomic mass is 19.1. The second-order valence-electron chi connectivity index (χ2n) is 18.6. The van der Waals surface area contributed by atoms with Gasteiger partial charge in [-0.25, -0.2) is 18.0 Å². The molecule has 1 fully saturated rings. The van der Waals surface area contributed by atoms with Gasteiger partial charge in [0.15, 0.2) is 6.61 Å². The maximum absolute atomic E-state index is 14.4. The van der Waals surface area contributed by atoms with Gasteiger partial charge in [0, 0.05) is 29.2 Å². The van der Waals surface area contributed by atoms with Gasteiger partial charge in [-0.05, 0) is 139 Å². The molecule has 15 heteroatoms. The number of ether oxygens (including phenoxy) is 2. The van der Waals surface area contributed by atoms with E-state index in [1.54, 1.807) is 36.4 Å². The fraction of sp³-hybridized carbons (Fsp3) is 0.254. The number of aromatic nitrogens is 1. The zero-order valence-corrected chi connectivity index (χ0v) is 40.7. The third-order valence-corrected chi connectivity index (χ3v) is 13.1. The van der Waals surface area contributed by atoms with Gasteiger partial charge in [0.25, 0.3) is 5.91 Å². The minimum atomic E-state index is -1.35. The maximum Gasteiger partial charge on any atom is 0.349 e. The third-order valence-electron chi connectivity index (χ3n) is 13.1. The van der Waals surface area contributed by atoms with Crippen LogP contribution in [0.4, 0.5) is 24.5 Å². The number of rotatable bonds is 21. The molecular formula is C59H56F3N3O9. The first-order chi connectivity index (χ1) is 35.6. The number of halogens is 3. The largest absolute Gasteiger partial charge is 0.454 e. The number of hydrogen-bond acceptors (Lipinski definition) is 9. The Hall–Kier alpha value is -7.85. The molecule has 0 saturated carbocycles. The minimum absolute atomic E-state index is 0.0937. The van der Waals surface area contributed by atoms with Crippen molar-refractivity contribution in [3.8, 4) is 28.1 Å². The van der Waals surface area contributed by atoms with Crippen LogP contribution in [0.5, 0.6) is 5.75 Å². The maximum atomic E-state index is 14.4. The molecule has 0 bridgehead atoms. The predicted molar refractivity (Wildman–Crippen MR) is 273 cm³/mol. The van der Waals surface area contributed by atoms with Crippen molar-refractivity contribution in [2.24, 2.45) is 5.92 Å². The highest BCUT2D eigenvalue weighted by Crippen LogP contribution is 2.47. The van der Waals surface area contributed by atoms with Crippen molar-refractivity contribution in [2.75, 3.05) is 16.8 Å². The van der Waals surface area contributed by atoms with Gasteiger partial charge in [-0.2, -0.15) is 0 Å². The number of nitrogens with one attached hydrogen (secondary N) is 1. The van der Waals surface area contributed by atoms with Crippen LogP contribution in [0.25, 0.3) is 22.4 Å². The Kier molecular flexibility index (Phi) is 16.9. The van der Waals surface area contributed by atoms with Crippen LogP contribution in [0, 0.1) is 23.4 Å². The van der Waals surface area contributed by atoms with Crippen molar-refractivity contribution >= 4 is 35.1 Å². The number of benzene rings is 6. The predicted octanol–water partition coefficient (Wildman–Crippen LogP) is 10.9. The van der Waals surface area contributed by atoms with Crippen molar-refractivity contribution < 1.29 is 57.1 Å². The molecule has 4 N–H and O–H groups in total. The number of aliphatic hydroxyl groups excluding tert-OH is 3. The van der Waals surface area contributed by atoms with E-state index >= 15 is 0 Å². The lowest BCUT2D eigenvalue weighted by Gasteiger charge is -2.48. The normalized spacial score (nSPS) is 15.5. The summed E-state index contributed by atoms with van der Waals surface area (Å²) in [4.78, 5) is 55.1. The molecule has 1 aliphatic rings. The van der Waals surface area contributed by atoms with E-state index in [0.717, 1.165) is 5.56 Å². The molecule has 6 aromatic carbocycles. The van der Waals surface area contributed by atoms with Crippen LogP contribution in [0.15, 0.2) is 158 Å². The molecule has 0 spiro atoms. The Morgan fingerprint density at radius 1 is 0.676 bits per heavy atom. The van der Waals surface area contributed by atoms with E-state index in [9.17, 15) is 47.7 Å². The van der Waals surface area contributed by atoms with Gasteiger partial charge in [0.05, 0.1) is 47.9 Å². The highest BCUT2D eigenvalue weighted by Gasteiger charge is 2.48. The lowest BCUT2D eigenvalue weighted by Crippen LogP contribution is -2.55. The molecule has 5 atom stereocenters. The summed E-state index contributed by atoms with van der Waals surface area (Å²) < 4.78 is 54.2. The summed E-state index contributed by atoms with van der Waals surface area (Å²) in [5.41, 5.74) is 6.03. The molecule has 0 radical (unpaired) electrons. The minimum Gasteiger partial charge on any atom is -0.454 e. The summed E-state index contributed by atoms with van der Waals surface area (Å²) >= 11 is 0. The van der Waals surface area contributed by atoms with E-state index in [1.165, 1.54) is 77.7 Å². The smallest absolute Gasteiger partial charge is 0.349 e. The summed E-state index contributed by atoms with van der Waals surface area (Å²) in [6.45, 7) is 3.33. The summed E-state index contributed by atoms with van der Waals surface area (Å²) in [7, 11) is 0. The molecule has 0 aliphatic carbocycles. The van der Waals surface area contributed by atoms with E-state index in [4.69, 9.17) is 9.47 Å². The number of para-hydroxylation sites is 1. The van der Waals surface area contributed by atoms with Crippen LogP contribution in [-0.4, -0.2) is 62.5 Å². The molecule has 2 amide bonds. The van der Waals surface area contributed by atoms with E-state index in [0.29, 0.717) is 50.6 Å². The molecule has 1 aliphatic heterocycles. The van der Waals surface area contributed by atoms with Crippen LogP contribution in [-0.2, 0) is 25.7 Å². The average Bonchev–Trinajstić information content (AvgIpc) is 3.75. The first kappa shape index (κ1) is 52.5. The zero-order valence-electron chi connectivity index (χ0n) is 40.7. The Balaban J connectivity index is 0.886. The fourth-order valence-corrected chi connectivity index (χ4v) is 9.58. The number of anilines is 2. The van der Waals surface area contributed by atoms with E-state index in [1.807, 2.05) is 66.9 Å². The van der Waals surface area contributed by atoms with Crippen molar-refractivity contribution in [3.63, 3.8) is 0 Å². The molecule has 74 heavy (non-hydrogen) atoms. The third kappa shape index (κ3) is 12.5. The summed E-state index contributed by atoms with van der Waals surface area (Å²) in [6, 6.07) is 41.3. The molecule has 7 aromatic rings.